The van der Waals surface area contributed by atoms with Crippen LogP contribution in [-0.4, -0.2) is 36.0 Å². The Labute approximate surface area is 113 Å². The molecule has 0 unspecified atom stereocenters. The molecule has 5 nitrogen and oxygen atoms in total. The predicted octanol–water partition coefficient (Wildman–Crippen LogP) is 2.31. The zero-order valence-electron chi connectivity index (χ0n) is 12.4. The molecule has 0 radical (unpaired) electrons. The lowest BCUT2D eigenvalue weighted by molar-refractivity contribution is -0.153. The van der Waals surface area contributed by atoms with Crippen molar-refractivity contribution < 1.29 is 18.7 Å². The summed E-state index contributed by atoms with van der Waals surface area (Å²) in [5, 5.41) is 0. The molecule has 1 amide bonds. The van der Waals surface area contributed by atoms with E-state index in [0.29, 0.717) is 17.1 Å². The van der Waals surface area contributed by atoms with Crippen molar-refractivity contribution in [2.24, 2.45) is 0 Å². The lowest BCUT2D eigenvalue weighted by Gasteiger charge is -2.33. The van der Waals surface area contributed by atoms with Gasteiger partial charge in [-0.2, -0.15) is 0 Å². The van der Waals surface area contributed by atoms with Crippen molar-refractivity contribution in [1.29, 1.82) is 0 Å². The Morgan fingerprint density at radius 1 is 1.37 bits per heavy atom. The third kappa shape index (κ3) is 2.97. The fraction of sp³-hybridized carbons (Fsp3) is 0.571. The molecule has 0 aliphatic rings. The SMILES string of the molecule is CCOC(=O)C(C)(C)N(C)C(=O)c1cc(C)oc1C. The molecular formula is C14H21NO4. The maximum Gasteiger partial charge on any atom is 0.331 e. The number of esters is 1. The summed E-state index contributed by atoms with van der Waals surface area (Å²) in [5.74, 6) is 0.535. The fourth-order valence-corrected chi connectivity index (χ4v) is 1.72. The molecule has 5 heteroatoms. The molecule has 1 aromatic heterocycles. The molecule has 1 aromatic rings. The highest BCUT2D eigenvalue weighted by atomic mass is 16.5. The van der Waals surface area contributed by atoms with E-state index in [2.05, 4.69) is 0 Å². The van der Waals surface area contributed by atoms with Gasteiger partial charge in [0.25, 0.3) is 5.91 Å². The van der Waals surface area contributed by atoms with Gasteiger partial charge in [-0.3, -0.25) is 4.79 Å². The molecule has 1 rings (SSSR count). The zero-order valence-corrected chi connectivity index (χ0v) is 12.4. The monoisotopic (exact) mass is 267 g/mol. The standard InChI is InChI=1S/C14H21NO4/c1-7-18-13(17)14(4,5)15(6)12(16)11-8-9(2)19-10(11)3/h8H,7H2,1-6H3. The first kappa shape index (κ1) is 15.3. The minimum absolute atomic E-state index is 0.257. The topological polar surface area (TPSA) is 59.8 Å². The highest BCUT2D eigenvalue weighted by Gasteiger charge is 2.37. The predicted molar refractivity (Wildman–Crippen MR) is 71.0 cm³/mol. The van der Waals surface area contributed by atoms with Gasteiger partial charge in [-0.15, -0.1) is 0 Å². The number of nitrogens with zero attached hydrogens (tertiary/aromatic N) is 1. The molecule has 0 fully saturated rings. The van der Waals surface area contributed by atoms with E-state index in [1.54, 1.807) is 47.7 Å². The van der Waals surface area contributed by atoms with Crippen LogP contribution in [0.3, 0.4) is 0 Å². The van der Waals surface area contributed by atoms with E-state index in [0.717, 1.165) is 0 Å². The van der Waals surface area contributed by atoms with Crippen LogP contribution in [0.15, 0.2) is 10.5 Å². The minimum Gasteiger partial charge on any atom is -0.466 e. The number of furan rings is 1. The smallest absolute Gasteiger partial charge is 0.331 e. The quantitative estimate of drug-likeness (QED) is 0.785. The van der Waals surface area contributed by atoms with Crippen LogP contribution in [0.1, 0.15) is 42.6 Å². The molecule has 106 valence electrons. The van der Waals surface area contributed by atoms with Gasteiger partial charge in [0.15, 0.2) is 0 Å². The van der Waals surface area contributed by atoms with Gasteiger partial charge in [0.2, 0.25) is 0 Å². The summed E-state index contributed by atoms with van der Waals surface area (Å²) >= 11 is 0. The second-order valence-corrected chi connectivity index (χ2v) is 4.97. The van der Waals surface area contributed by atoms with Gasteiger partial charge in [-0.1, -0.05) is 0 Å². The van der Waals surface area contributed by atoms with Crippen molar-refractivity contribution in [2.75, 3.05) is 13.7 Å². The summed E-state index contributed by atoms with van der Waals surface area (Å²) < 4.78 is 10.3. The normalized spacial score (nSPS) is 11.3. The molecule has 0 saturated heterocycles. The third-order valence-electron chi connectivity index (χ3n) is 3.19. The molecule has 0 aliphatic heterocycles. The van der Waals surface area contributed by atoms with Crippen LogP contribution in [0.2, 0.25) is 0 Å². The third-order valence-corrected chi connectivity index (χ3v) is 3.19. The maximum atomic E-state index is 12.4. The van der Waals surface area contributed by atoms with Crippen molar-refractivity contribution >= 4 is 11.9 Å². The molecule has 1 heterocycles. The van der Waals surface area contributed by atoms with Crippen LogP contribution in [0.25, 0.3) is 0 Å². The van der Waals surface area contributed by atoms with E-state index < -0.39 is 11.5 Å². The molecule has 0 N–H and O–H groups in total. The highest BCUT2D eigenvalue weighted by molar-refractivity contribution is 5.98. The summed E-state index contributed by atoms with van der Waals surface area (Å²) in [7, 11) is 1.58. The van der Waals surface area contributed by atoms with E-state index in [4.69, 9.17) is 9.15 Å². The van der Waals surface area contributed by atoms with Crippen LogP contribution < -0.4 is 0 Å². The lowest BCUT2D eigenvalue weighted by atomic mass is 10.0. The van der Waals surface area contributed by atoms with Crippen LogP contribution in [-0.2, 0) is 9.53 Å². The molecule has 0 atom stereocenters. The molecule has 0 spiro atoms. The first-order chi connectivity index (χ1) is 8.71. The average molecular weight is 267 g/mol. The fourth-order valence-electron chi connectivity index (χ4n) is 1.72. The second kappa shape index (κ2) is 5.47. The number of amides is 1. The Morgan fingerprint density at radius 3 is 2.37 bits per heavy atom. The molecule has 0 bridgehead atoms. The van der Waals surface area contributed by atoms with E-state index >= 15 is 0 Å². The summed E-state index contributed by atoms with van der Waals surface area (Å²) in [4.78, 5) is 25.7. The Hall–Kier alpha value is -1.78. The zero-order chi connectivity index (χ0) is 14.8. The van der Waals surface area contributed by atoms with Gasteiger partial charge in [0.1, 0.15) is 17.1 Å². The number of rotatable bonds is 4. The number of carbonyl (C=O) groups is 2. The Morgan fingerprint density at radius 2 is 1.95 bits per heavy atom. The van der Waals surface area contributed by atoms with Gasteiger partial charge in [-0.25, -0.2) is 4.79 Å². The van der Waals surface area contributed by atoms with Crippen molar-refractivity contribution in [3.05, 3.63) is 23.2 Å². The highest BCUT2D eigenvalue weighted by Crippen LogP contribution is 2.21. The number of carbonyl (C=O) groups excluding carboxylic acids is 2. The van der Waals surface area contributed by atoms with E-state index in [-0.39, 0.29) is 12.5 Å². The van der Waals surface area contributed by atoms with E-state index in [9.17, 15) is 9.59 Å². The van der Waals surface area contributed by atoms with Crippen LogP contribution in [0, 0.1) is 13.8 Å². The number of aryl methyl sites for hydroxylation is 2. The van der Waals surface area contributed by atoms with E-state index in [1.807, 2.05) is 0 Å². The number of ether oxygens (including phenoxy) is 1. The molecular weight excluding hydrogens is 246 g/mol. The van der Waals surface area contributed by atoms with Gasteiger partial charge >= 0.3 is 5.97 Å². The van der Waals surface area contributed by atoms with Gasteiger partial charge in [0, 0.05) is 7.05 Å². The first-order valence-electron chi connectivity index (χ1n) is 6.24. The molecule has 0 saturated carbocycles. The largest absolute Gasteiger partial charge is 0.466 e. The molecule has 0 aliphatic carbocycles. The van der Waals surface area contributed by atoms with Gasteiger partial charge in [-0.05, 0) is 40.7 Å². The van der Waals surface area contributed by atoms with Crippen molar-refractivity contribution in [2.45, 2.75) is 40.2 Å². The van der Waals surface area contributed by atoms with Crippen molar-refractivity contribution in [3.63, 3.8) is 0 Å². The minimum atomic E-state index is -1.02. The summed E-state index contributed by atoms with van der Waals surface area (Å²) in [5.41, 5.74) is -0.553. The van der Waals surface area contributed by atoms with E-state index in [1.165, 1.54) is 4.90 Å². The lowest BCUT2D eigenvalue weighted by Crippen LogP contribution is -2.51. The average Bonchev–Trinajstić information content (AvgIpc) is 2.66. The Balaban J connectivity index is 2.99. The maximum absolute atomic E-state index is 12.4. The Kier molecular flexibility index (Phi) is 4.39. The summed E-state index contributed by atoms with van der Waals surface area (Å²) in [6.07, 6.45) is 0. The number of likely N-dealkylation sites (N-methyl/N-ethyl adjacent to an activating group) is 1. The van der Waals surface area contributed by atoms with Crippen LogP contribution >= 0.6 is 0 Å². The van der Waals surface area contributed by atoms with Crippen molar-refractivity contribution in [3.8, 4) is 0 Å². The molecule has 19 heavy (non-hydrogen) atoms. The van der Waals surface area contributed by atoms with Gasteiger partial charge < -0.3 is 14.1 Å². The van der Waals surface area contributed by atoms with Crippen LogP contribution in [0.5, 0.6) is 0 Å². The van der Waals surface area contributed by atoms with Crippen LogP contribution in [0.4, 0.5) is 0 Å². The molecule has 0 aromatic carbocycles. The number of hydrogen-bond acceptors (Lipinski definition) is 4. The second-order valence-electron chi connectivity index (χ2n) is 4.97. The van der Waals surface area contributed by atoms with Crippen molar-refractivity contribution in [1.82, 2.24) is 4.90 Å². The number of hydrogen-bond donors (Lipinski definition) is 0. The summed E-state index contributed by atoms with van der Waals surface area (Å²) in [6, 6.07) is 1.68. The summed E-state index contributed by atoms with van der Waals surface area (Å²) in [6.45, 7) is 8.84. The first-order valence-corrected chi connectivity index (χ1v) is 6.24. The van der Waals surface area contributed by atoms with Gasteiger partial charge in [0.05, 0.1) is 12.2 Å². The Bertz CT molecular complexity index is 488.